The topological polar surface area (TPSA) is 49.4 Å². The van der Waals surface area contributed by atoms with E-state index in [9.17, 15) is 9.59 Å². The maximum atomic E-state index is 12.0. The van der Waals surface area contributed by atoms with E-state index in [1.807, 2.05) is 12.1 Å². The van der Waals surface area contributed by atoms with E-state index in [4.69, 9.17) is 34.8 Å². The third-order valence-electron chi connectivity index (χ3n) is 3.56. The Hall–Kier alpha value is -1.75. The number of rotatable bonds is 6. The highest BCUT2D eigenvalue weighted by Gasteiger charge is 2.14. The fourth-order valence-corrected chi connectivity index (χ4v) is 2.64. The third kappa shape index (κ3) is 5.92. The van der Waals surface area contributed by atoms with Crippen LogP contribution in [0.1, 0.15) is 18.9 Å². The molecule has 0 fully saturated rings. The van der Waals surface area contributed by atoms with Crippen molar-refractivity contribution in [1.82, 2.24) is 5.32 Å². The van der Waals surface area contributed by atoms with Gasteiger partial charge in [-0.1, -0.05) is 46.9 Å². The molecule has 0 radical (unpaired) electrons. The summed E-state index contributed by atoms with van der Waals surface area (Å²) in [5.41, 5.74) is 1.55. The van der Waals surface area contributed by atoms with Crippen molar-refractivity contribution < 1.29 is 9.59 Å². The summed E-state index contributed by atoms with van der Waals surface area (Å²) in [7, 11) is 0. The van der Waals surface area contributed by atoms with Crippen LogP contribution in [0.4, 0.5) is 5.69 Å². The van der Waals surface area contributed by atoms with Gasteiger partial charge >= 0.3 is 0 Å². The third-order valence-corrected chi connectivity index (χ3v) is 4.55. The van der Waals surface area contributed by atoms with Gasteiger partial charge in [0.2, 0.25) is 11.8 Å². The Balaban J connectivity index is 1.91. The lowest BCUT2D eigenvalue weighted by molar-refractivity contribution is -0.121. The molecule has 7 heteroatoms. The first-order chi connectivity index (χ1) is 11.9. The quantitative estimate of drug-likeness (QED) is 0.765. The largest absolute Gasteiger partial charge is 0.352 e. The second kappa shape index (κ2) is 9.09. The van der Waals surface area contributed by atoms with Crippen molar-refractivity contribution in [3.63, 3.8) is 0 Å². The highest BCUT2D eigenvalue weighted by Crippen LogP contribution is 2.27. The Morgan fingerprint density at radius 2 is 1.68 bits per heavy atom. The number of anilines is 1. The molecule has 0 aliphatic heterocycles. The van der Waals surface area contributed by atoms with Crippen molar-refractivity contribution >= 4 is 52.3 Å². The minimum Gasteiger partial charge on any atom is -0.352 e. The number of halogens is 3. The Bertz CT molecular complexity index is 763. The summed E-state index contributed by atoms with van der Waals surface area (Å²) < 4.78 is 0. The van der Waals surface area contributed by atoms with E-state index in [0.717, 1.165) is 5.56 Å². The van der Waals surface area contributed by atoms with Crippen molar-refractivity contribution in [3.8, 4) is 0 Å². The van der Waals surface area contributed by atoms with Gasteiger partial charge in [0.25, 0.3) is 0 Å². The maximum Gasteiger partial charge on any atom is 0.223 e. The molecule has 0 heterocycles. The van der Waals surface area contributed by atoms with Crippen molar-refractivity contribution in [2.24, 2.45) is 0 Å². The lowest BCUT2D eigenvalue weighted by Gasteiger charge is -2.21. The van der Waals surface area contributed by atoms with E-state index in [1.54, 1.807) is 30.3 Å². The SMILES string of the molecule is CC(=O)N(CCC(=O)NCc1ccc(Cl)cc1)c1ccc(Cl)c(Cl)c1. The molecule has 0 bridgehead atoms. The number of hydrogen-bond donors (Lipinski definition) is 1. The predicted molar refractivity (Wildman–Crippen MR) is 102 cm³/mol. The zero-order chi connectivity index (χ0) is 18.4. The van der Waals surface area contributed by atoms with Crippen LogP contribution in [0.15, 0.2) is 42.5 Å². The van der Waals surface area contributed by atoms with Crippen LogP contribution in [0.3, 0.4) is 0 Å². The van der Waals surface area contributed by atoms with Gasteiger partial charge in [0.1, 0.15) is 0 Å². The van der Waals surface area contributed by atoms with Crippen LogP contribution in [0.2, 0.25) is 15.1 Å². The zero-order valence-electron chi connectivity index (χ0n) is 13.6. The van der Waals surface area contributed by atoms with E-state index in [-0.39, 0.29) is 24.8 Å². The molecule has 0 saturated heterocycles. The molecular weight excluding hydrogens is 383 g/mol. The lowest BCUT2D eigenvalue weighted by Crippen LogP contribution is -2.33. The van der Waals surface area contributed by atoms with Crippen LogP contribution < -0.4 is 10.2 Å². The summed E-state index contributed by atoms with van der Waals surface area (Å²) in [5, 5.41) is 4.24. The van der Waals surface area contributed by atoms with Gasteiger partial charge in [-0.25, -0.2) is 0 Å². The molecule has 0 atom stereocenters. The van der Waals surface area contributed by atoms with Crippen LogP contribution in [0, 0.1) is 0 Å². The average molecular weight is 400 g/mol. The predicted octanol–water partition coefficient (Wildman–Crippen LogP) is 4.71. The van der Waals surface area contributed by atoms with Gasteiger partial charge in [-0.15, -0.1) is 0 Å². The van der Waals surface area contributed by atoms with Gasteiger partial charge in [0.05, 0.1) is 10.0 Å². The molecule has 0 unspecified atom stereocenters. The first-order valence-corrected chi connectivity index (χ1v) is 8.74. The molecule has 0 aliphatic carbocycles. The summed E-state index contributed by atoms with van der Waals surface area (Å²) in [5.74, 6) is -0.329. The summed E-state index contributed by atoms with van der Waals surface area (Å²) in [6, 6.07) is 12.2. The Kier molecular flexibility index (Phi) is 7.12. The molecule has 132 valence electrons. The van der Waals surface area contributed by atoms with Crippen molar-refractivity contribution in [3.05, 3.63) is 63.1 Å². The van der Waals surface area contributed by atoms with Crippen LogP contribution >= 0.6 is 34.8 Å². The minimum atomic E-state index is -0.177. The zero-order valence-corrected chi connectivity index (χ0v) is 15.8. The van der Waals surface area contributed by atoms with Crippen LogP contribution in [-0.4, -0.2) is 18.4 Å². The van der Waals surface area contributed by atoms with Crippen LogP contribution in [0.25, 0.3) is 0 Å². The van der Waals surface area contributed by atoms with Crippen molar-refractivity contribution in [1.29, 1.82) is 0 Å². The summed E-state index contributed by atoms with van der Waals surface area (Å²) >= 11 is 17.7. The van der Waals surface area contributed by atoms with Gasteiger partial charge < -0.3 is 10.2 Å². The van der Waals surface area contributed by atoms with Gasteiger partial charge in [0, 0.05) is 37.1 Å². The van der Waals surface area contributed by atoms with Crippen molar-refractivity contribution in [2.45, 2.75) is 19.9 Å². The summed E-state index contributed by atoms with van der Waals surface area (Å²) in [6.07, 6.45) is 0.174. The highest BCUT2D eigenvalue weighted by atomic mass is 35.5. The molecule has 4 nitrogen and oxygen atoms in total. The average Bonchev–Trinajstić information content (AvgIpc) is 2.57. The standard InChI is InChI=1S/C18H17Cl3N2O2/c1-12(24)23(15-6-7-16(20)17(21)10-15)9-8-18(25)22-11-13-2-4-14(19)5-3-13/h2-7,10H,8-9,11H2,1H3,(H,22,25). The molecule has 0 spiro atoms. The van der Waals surface area contributed by atoms with Gasteiger partial charge in [0.15, 0.2) is 0 Å². The number of carbonyl (C=O) groups is 2. The smallest absolute Gasteiger partial charge is 0.223 e. The minimum absolute atomic E-state index is 0.152. The number of carbonyl (C=O) groups excluding carboxylic acids is 2. The van der Waals surface area contributed by atoms with E-state index >= 15 is 0 Å². The van der Waals surface area contributed by atoms with E-state index < -0.39 is 0 Å². The molecule has 2 aromatic rings. The Morgan fingerprint density at radius 1 is 1.00 bits per heavy atom. The fraction of sp³-hybridized carbons (Fsp3) is 0.222. The lowest BCUT2D eigenvalue weighted by atomic mass is 10.2. The number of benzene rings is 2. The van der Waals surface area contributed by atoms with Crippen molar-refractivity contribution in [2.75, 3.05) is 11.4 Å². The van der Waals surface area contributed by atoms with Gasteiger partial charge in [-0.05, 0) is 35.9 Å². The number of nitrogens with zero attached hydrogens (tertiary/aromatic N) is 1. The maximum absolute atomic E-state index is 12.0. The van der Waals surface area contributed by atoms with Crippen LogP contribution in [-0.2, 0) is 16.1 Å². The Labute approximate surface area is 161 Å². The second-order valence-corrected chi connectivity index (χ2v) is 6.67. The molecule has 0 saturated carbocycles. The monoisotopic (exact) mass is 398 g/mol. The van der Waals surface area contributed by atoms with E-state index in [1.165, 1.54) is 11.8 Å². The second-order valence-electron chi connectivity index (χ2n) is 5.42. The molecule has 2 rings (SSSR count). The molecular formula is C18H17Cl3N2O2. The van der Waals surface area contributed by atoms with Gasteiger partial charge in [-0.3, -0.25) is 9.59 Å². The summed E-state index contributed by atoms with van der Waals surface area (Å²) in [4.78, 5) is 25.4. The molecule has 2 aromatic carbocycles. The molecule has 25 heavy (non-hydrogen) atoms. The fourth-order valence-electron chi connectivity index (χ4n) is 2.23. The molecule has 0 aliphatic rings. The number of amides is 2. The number of nitrogens with one attached hydrogen (secondary N) is 1. The highest BCUT2D eigenvalue weighted by molar-refractivity contribution is 6.42. The first kappa shape index (κ1) is 19.6. The molecule has 0 aromatic heterocycles. The summed E-state index contributed by atoms with van der Waals surface area (Å²) in [6.45, 7) is 2.09. The van der Waals surface area contributed by atoms with E-state index in [2.05, 4.69) is 5.32 Å². The number of hydrogen-bond acceptors (Lipinski definition) is 2. The normalized spacial score (nSPS) is 10.4. The Morgan fingerprint density at radius 3 is 2.28 bits per heavy atom. The van der Waals surface area contributed by atoms with Crippen LogP contribution in [0.5, 0.6) is 0 Å². The molecule has 1 N–H and O–H groups in total. The molecule has 2 amide bonds. The first-order valence-electron chi connectivity index (χ1n) is 7.61. The van der Waals surface area contributed by atoms with Gasteiger partial charge in [-0.2, -0.15) is 0 Å². The van der Waals surface area contributed by atoms with E-state index in [0.29, 0.717) is 27.3 Å².